The Labute approximate surface area is 104 Å². The number of carbonyl (C=O) groups excluding carboxylic acids is 1. The molecule has 0 heterocycles. The maximum atomic E-state index is 11.7. The summed E-state index contributed by atoms with van der Waals surface area (Å²) in [6, 6.07) is -0.238. The van der Waals surface area contributed by atoms with Crippen LogP contribution >= 0.6 is 0 Å². The van der Waals surface area contributed by atoms with Gasteiger partial charge in [0.1, 0.15) is 0 Å². The van der Waals surface area contributed by atoms with Crippen LogP contribution in [0.2, 0.25) is 0 Å². The molecule has 3 N–H and O–H groups in total. The minimum absolute atomic E-state index is 0.0142. The van der Waals surface area contributed by atoms with Gasteiger partial charge < -0.3 is 15.7 Å². The van der Waals surface area contributed by atoms with Crippen LogP contribution in [0, 0.1) is 5.92 Å². The van der Waals surface area contributed by atoms with Crippen LogP contribution in [0.4, 0.5) is 0 Å². The molecule has 0 aromatic heterocycles. The molecule has 4 heteroatoms. The van der Waals surface area contributed by atoms with Crippen LogP contribution in [-0.2, 0) is 4.79 Å². The number of hydrogen-bond acceptors (Lipinski definition) is 3. The summed E-state index contributed by atoms with van der Waals surface area (Å²) >= 11 is 0. The average molecular weight is 242 g/mol. The molecule has 0 aromatic rings. The van der Waals surface area contributed by atoms with Gasteiger partial charge in [0.2, 0.25) is 5.91 Å². The fraction of sp³-hybridized carbons (Fsp3) is 0.923. The van der Waals surface area contributed by atoms with Crippen molar-refractivity contribution in [2.24, 2.45) is 5.92 Å². The quantitative estimate of drug-likeness (QED) is 0.652. The van der Waals surface area contributed by atoms with E-state index in [1.807, 2.05) is 6.92 Å². The zero-order valence-corrected chi connectivity index (χ0v) is 11.3. The standard InChI is InChI=1S/C13H26N2O2/c1-10(2)8-14-12(16)11(3)15-9-13(17)6-4-5-7-13/h10-11,15,17H,4-9H2,1-3H3,(H,14,16). The lowest BCUT2D eigenvalue weighted by molar-refractivity contribution is -0.123. The topological polar surface area (TPSA) is 61.4 Å². The van der Waals surface area contributed by atoms with Crippen molar-refractivity contribution < 1.29 is 9.90 Å². The smallest absolute Gasteiger partial charge is 0.236 e. The highest BCUT2D eigenvalue weighted by Crippen LogP contribution is 2.28. The van der Waals surface area contributed by atoms with Crippen molar-refractivity contribution >= 4 is 5.91 Å². The molecule has 1 unspecified atom stereocenters. The van der Waals surface area contributed by atoms with Crippen LogP contribution in [0.3, 0.4) is 0 Å². The van der Waals surface area contributed by atoms with E-state index in [9.17, 15) is 9.90 Å². The van der Waals surface area contributed by atoms with Gasteiger partial charge in [0.05, 0.1) is 11.6 Å². The Kier molecular flexibility index (Phi) is 5.40. The molecule has 0 spiro atoms. The van der Waals surface area contributed by atoms with Gasteiger partial charge in [0.15, 0.2) is 0 Å². The highest BCUT2D eigenvalue weighted by atomic mass is 16.3. The second-order valence-electron chi connectivity index (χ2n) is 5.67. The molecule has 1 atom stereocenters. The third-order valence-electron chi connectivity index (χ3n) is 3.35. The van der Waals surface area contributed by atoms with E-state index in [1.54, 1.807) is 0 Å². The third kappa shape index (κ3) is 5.04. The van der Waals surface area contributed by atoms with Crippen molar-refractivity contribution in [2.45, 2.75) is 58.1 Å². The SMILES string of the molecule is CC(C)CNC(=O)C(C)NCC1(O)CCCC1. The van der Waals surface area contributed by atoms with Crippen molar-refractivity contribution in [2.75, 3.05) is 13.1 Å². The molecular formula is C13H26N2O2. The fourth-order valence-electron chi connectivity index (χ4n) is 2.10. The van der Waals surface area contributed by atoms with E-state index in [1.165, 1.54) is 0 Å². The van der Waals surface area contributed by atoms with Gasteiger partial charge in [-0.05, 0) is 25.7 Å². The van der Waals surface area contributed by atoms with Gasteiger partial charge in [0, 0.05) is 13.1 Å². The van der Waals surface area contributed by atoms with Crippen molar-refractivity contribution in [3.05, 3.63) is 0 Å². The molecule has 1 saturated carbocycles. The number of aliphatic hydroxyl groups is 1. The second-order valence-corrected chi connectivity index (χ2v) is 5.67. The highest BCUT2D eigenvalue weighted by molar-refractivity contribution is 5.81. The zero-order valence-electron chi connectivity index (χ0n) is 11.3. The third-order valence-corrected chi connectivity index (χ3v) is 3.35. The lowest BCUT2D eigenvalue weighted by atomic mass is 10.0. The molecule has 0 aliphatic heterocycles. The molecule has 0 saturated heterocycles. The van der Waals surface area contributed by atoms with Crippen LogP contribution in [-0.4, -0.2) is 35.7 Å². The number of carbonyl (C=O) groups is 1. The summed E-state index contributed by atoms with van der Waals surface area (Å²) in [6.07, 6.45) is 3.87. The highest BCUT2D eigenvalue weighted by Gasteiger charge is 2.31. The van der Waals surface area contributed by atoms with E-state index in [-0.39, 0.29) is 11.9 Å². The van der Waals surface area contributed by atoms with Gasteiger partial charge in [-0.3, -0.25) is 4.79 Å². The van der Waals surface area contributed by atoms with E-state index in [2.05, 4.69) is 24.5 Å². The van der Waals surface area contributed by atoms with E-state index >= 15 is 0 Å². The lowest BCUT2D eigenvalue weighted by Gasteiger charge is -2.25. The average Bonchev–Trinajstić information content (AvgIpc) is 2.70. The minimum Gasteiger partial charge on any atom is -0.389 e. The Bertz CT molecular complexity index is 248. The Morgan fingerprint density at radius 3 is 2.41 bits per heavy atom. The zero-order chi connectivity index (χ0) is 12.9. The molecule has 1 fully saturated rings. The molecule has 1 rings (SSSR count). The van der Waals surface area contributed by atoms with Gasteiger partial charge in [-0.2, -0.15) is 0 Å². The lowest BCUT2D eigenvalue weighted by Crippen LogP contribution is -2.48. The maximum Gasteiger partial charge on any atom is 0.236 e. The Morgan fingerprint density at radius 1 is 1.29 bits per heavy atom. The van der Waals surface area contributed by atoms with Crippen LogP contribution in [0.5, 0.6) is 0 Å². The van der Waals surface area contributed by atoms with Crippen LogP contribution in [0.15, 0.2) is 0 Å². The van der Waals surface area contributed by atoms with Crippen molar-refractivity contribution in [3.63, 3.8) is 0 Å². The molecule has 17 heavy (non-hydrogen) atoms. The number of hydrogen-bond donors (Lipinski definition) is 3. The van der Waals surface area contributed by atoms with E-state index in [0.29, 0.717) is 19.0 Å². The van der Waals surface area contributed by atoms with Crippen LogP contribution in [0.1, 0.15) is 46.5 Å². The largest absolute Gasteiger partial charge is 0.389 e. The summed E-state index contributed by atoms with van der Waals surface area (Å²) < 4.78 is 0. The fourth-order valence-corrected chi connectivity index (χ4v) is 2.10. The van der Waals surface area contributed by atoms with E-state index < -0.39 is 5.60 Å². The van der Waals surface area contributed by atoms with Crippen molar-refractivity contribution in [1.29, 1.82) is 0 Å². The second kappa shape index (κ2) is 6.36. The van der Waals surface area contributed by atoms with Crippen LogP contribution < -0.4 is 10.6 Å². The van der Waals surface area contributed by atoms with Crippen LogP contribution in [0.25, 0.3) is 0 Å². The van der Waals surface area contributed by atoms with E-state index in [4.69, 9.17) is 0 Å². The Hall–Kier alpha value is -0.610. The molecule has 0 bridgehead atoms. The number of amides is 1. The van der Waals surface area contributed by atoms with E-state index in [0.717, 1.165) is 25.7 Å². The molecule has 1 aliphatic rings. The first-order chi connectivity index (χ1) is 7.93. The Morgan fingerprint density at radius 2 is 1.88 bits per heavy atom. The summed E-state index contributed by atoms with van der Waals surface area (Å²) in [5, 5.41) is 16.2. The number of nitrogens with one attached hydrogen (secondary N) is 2. The van der Waals surface area contributed by atoms with Gasteiger partial charge in [-0.1, -0.05) is 26.7 Å². The first-order valence-corrected chi connectivity index (χ1v) is 6.66. The van der Waals surface area contributed by atoms with Gasteiger partial charge in [0.25, 0.3) is 0 Å². The molecule has 0 aromatic carbocycles. The van der Waals surface area contributed by atoms with Gasteiger partial charge in [-0.15, -0.1) is 0 Å². The summed E-state index contributed by atoms with van der Waals surface area (Å²) in [7, 11) is 0. The molecule has 1 amide bonds. The molecular weight excluding hydrogens is 216 g/mol. The normalized spacial score (nSPS) is 20.5. The first kappa shape index (κ1) is 14.5. The van der Waals surface area contributed by atoms with Crippen molar-refractivity contribution in [3.8, 4) is 0 Å². The summed E-state index contributed by atoms with van der Waals surface area (Å²) in [4.78, 5) is 11.7. The minimum atomic E-state index is -0.591. The van der Waals surface area contributed by atoms with Gasteiger partial charge >= 0.3 is 0 Å². The predicted octanol–water partition coefficient (Wildman–Crippen LogP) is 1.04. The molecule has 1 aliphatic carbocycles. The van der Waals surface area contributed by atoms with Gasteiger partial charge in [-0.25, -0.2) is 0 Å². The summed E-state index contributed by atoms with van der Waals surface area (Å²) in [5.41, 5.74) is -0.591. The van der Waals surface area contributed by atoms with Crippen molar-refractivity contribution in [1.82, 2.24) is 10.6 Å². The molecule has 0 radical (unpaired) electrons. The number of rotatable bonds is 6. The first-order valence-electron chi connectivity index (χ1n) is 6.66. The molecule has 100 valence electrons. The maximum absolute atomic E-state index is 11.7. The Balaban J connectivity index is 2.23. The monoisotopic (exact) mass is 242 g/mol. The summed E-state index contributed by atoms with van der Waals surface area (Å²) in [5.74, 6) is 0.477. The molecule has 4 nitrogen and oxygen atoms in total. The summed E-state index contributed by atoms with van der Waals surface area (Å²) in [6.45, 7) is 7.20. The predicted molar refractivity (Wildman–Crippen MR) is 68.7 cm³/mol.